The standard InChI is InChI=1S/C28H33BrF3N3O6/c1-26(2,3)41-22(37)13-14-27(25(38)35-33-17-28(30,31)32)23(20-7-4-5-8-21(20)29)40-24(34-27)18-9-11-19(12-10-18)39-16-6-15-36/h4-5,7-12,23,33,36H,6,13-17H2,1-3H3,(H,35,38)/t23-,27-/m0/s1. The summed E-state index contributed by atoms with van der Waals surface area (Å²) >= 11 is 3.47. The van der Waals surface area contributed by atoms with Gasteiger partial charge in [-0.3, -0.25) is 15.0 Å². The van der Waals surface area contributed by atoms with Crippen molar-refractivity contribution in [3.05, 3.63) is 64.1 Å². The number of hydrazine groups is 1. The lowest BCUT2D eigenvalue weighted by Crippen LogP contribution is -2.54. The number of aliphatic hydroxyl groups is 1. The van der Waals surface area contributed by atoms with Crippen molar-refractivity contribution in [2.75, 3.05) is 19.8 Å². The molecule has 0 spiro atoms. The van der Waals surface area contributed by atoms with Crippen molar-refractivity contribution in [3.63, 3.8) is 0 Å². The van der Waals surface area contributed by atoms with Crippen LogP contribution in [0.4, 0.5) is 13.2 Å². The van der Waals surface area contributed by atoms with Crippen molar-refractivity contribution >= 4 is 33.7 Å². The fraction of sp³-hybridized carbons (Fsp3) is 0.464. The number of hydrogen-bond donors (Lipinski definition) is 3. The number of esters is 1. The number of carbonyl (C=O) groups excluding carboxylic acids is 2. The largest absolute Gasteiger partial charge is 0.494 e. The van der Waals surface area contributed by atoms with Gasteiger partial charge in [0.05, 0.1) is 6.61 Å². The second kappa shape index (κ2) is 13.7. The maximum atomic E-state index is 13.7. The van der Waals surface area contributed by atoms with Crippen LogP contribution in [-0.2, 0) is 19.1 Å². The molecule has 9 nitrogen and oxygen atoms in total. The summed E-state index contributed by atoms with van der Waals surface area (Å²) in [5.41, 5.74) is 2.39. The Balaban J connectivity index is 2.02. The maximum absolute atomic E-state index is 13.7. The molecule has 2 aromatic rings. The number of amides is 1. The molecule has 2 aromatic carbocycles. The van der Waals surface area contributed by atoms with E-state index in [9.17, 15) is 22.8 Å². The van der Waals surface area contributed by atoms with Gasteiger partial charge in [0.15, 0.2) is 11.6 Å². The van der Waals surface area contributed by atoms with Gasteiger partial charge < -0.3 is 19.3 Å². The fourth-order valence-corrected chi connectivity index (χ4v) is 4.55. The summed E-state index contributed by atoms with van der Waals surface area (Å²) in [5, 5.41) is 8.95. The molecule has 0 bridgehead atoms. The van der Waals surface area contributed by atoms with Crippen LogP contribution in [0.3, 0.4) is 0 Å². The highest BCUT2D eigenvalue weighted by Crippen LogP contribution is 2.45. The maximum Gasteiger partial charge on any atom is 0.402 e. The molecule has 0 fully saturated rings. The molecule has 0 saturated heterocycles. The number of nitrogens with zero attached hydrogens (tertiary/aromatic N) is 1. The summed E-state index contributed by atoms with van der Waals surface area (Å²) in [4.78, 5) is 31.0. The zero-order valence-corrected chi connectivity index (χ0v) is 24.5. The van der Waals surface area contributed by atoms with Gasteiger partial charge in [0.25, 0.3) is 5.91 Å². The van der Waals surface area contributed by atoms with Gasteiger partial charge in [0.1, 0.15) is 17.9 Å². The fourth-order valence-electron chi connectivity index (χ4n) is 4.05. The first-order valence-corrected chi connectivity index (χ1v) is 13.7. The number of aliphatic hydroxyl groups excluding tert-OH is 1. The average Bonchev–Trinajstić information content (AvgIpc) is 3.27. The molecule has 2 atom stereocenters. The number of aliphatic imine (C=N–C) groups is 1. The Morgan fingerprint density at radius 1 is 1.12 bits per heavy atom. The SMILES string of the molecule is CC(C)(C)OC(=O)CC[C@]1(C(=O)NNCC(F)(F)F)N=C(c2ccc(OCCCO)cc2)O[C@H]1c1ccccc1Br. The summed E-state index contributed by atoms with van der Waals surface area (Å²) in [6, 6.07) is 13.6. The molecule has 3 rings (SSSR count). The molecular weight excluding hydrogens is 611 g/mol. The lowest BCUT2D eigenvalue weighted by molar-refractivity contribution is -0.155. The molecule has 41 heavy (non-hydrogen) atoms. The average molecular weight is 644 g/mol. The highest BCUT2D eigenvalue weighted by Gasteiger charge is 2.54. The Morgan fingerprint density at radius 3 is 2.41 bits per heavy atom. The third-order valence-electron chi connectivity index (χ3n) is 5.84. The van der Waals surface area contributed by atoms with Crippen molar-refractivity contribution in [1.82, 2.24) is 10.9 Å². The smallest absolute Gasteiger partial charge is 0.402 e. The van der Waals surface area contributed by atoms with Gasteiger partial charge in [-0.1, -0.05) is 34.1 Å². The number of benzene rings is 2. The van der Waals surface area contributed by atoms with Crippen LogP contribution in [0.25, 0.3) is 0 Å². The lowest BCUT2D eigenvalue weighted by Gasteiger charge is -2.31. The Kier molecular flexibility index (Phi) is 10.8. The number of ether oxygens (including phenoxy) is 3. The topological polar surface area (TPSA) is 118 Å². The minimum absolute atomic E-state index is 0.00949. The highest BCUT2D eigenvalue weighted by molar-refractivity contribution is 9.10. The van der Waals surface area contributed by atoms with E-state index in [1.807, 2.05) is 5.43 Å². The number of hydrogen-bond acceptors (Lipinski definition) is 8. The summed E-state index contributed by atoms with van der Waals surface area (Å²) in [6.45, 7) is 3.93. The predicted molar refractivity (Wildman–Crippen MR) is 148 cm³/mol. The molecule has 0 unspecified atom stereocenters. The van der Waals surface area contributed by atoms with E-state index in [0.29, 0.717) is 34.4 Å². The summed E-state index contributed by atoms with van der Waals surface area (Å²) in [5.74, 6) is -0.923. The Labute approximate surface area is 244 Å². The Morgan fingerprint density at radius 2 is 1.80 bits per heavy atom. The molecule has 1 aliphatic rings. The molecule has 0 saturated carbocycles. The number of halogens is 4. The van der Waals surface area contributed by atoms with Gasteiger partial charge in [-0.25, -0.2) is 10.4 Å². The molecule has 0 aromatic heterocycles. The van der Waals surface area contributed by atoms with Gasteiger partial charge in [0, 0.05) is 35.0 Å². The van der Waals surface area contributed by atoms with E-state index in [0.717, 1.165) is 0 Å². The van der Waals surface area contributed by atoms with Gasteiger partial charge in [-0.15, -0.1) is 0 Å². The van der Waals surface area contributed by atoms with Crippen molar-refractivity contribution in [2.45, 2.75) is 63.5 Å². The van der Waals surface area contributed by atoms with E-state index in [1.54, 1.807) is 69.3 Å². The van der Waals surface area contributed by atoms with E-state index in [2.05, 4.69) is 26.3 Å². The molecule has 1 aliphatic heterocycles. The minimum Gasteiger partial charge on any atom is -0.494 e. The molecule has 13 heteroatoms. The summed E-state index contributed by atoms with van der Waals surface area (Å²) in [6.07, 6.45) is -5.71. The number of rotatable bonds is 12. The minimum atomic E-state index is -4.58. The molecule has 1 amide bonds. The van der Waals surface area contributed by atoms with Crippen molar-refractivity contribution in [1.29, 1.82) is 0 Å². The first-order chi connectivity index (χ1) is 19.2. The van der Waals surface area contributed by atoms with Crippen LogP contribution < -0.4 is 15.6 Å². The predicted octanol–water partition coefficient (Wildman–Crippen LogP) is 4.77. The number of nitrogens with one attached hydrogen (secondary N) is 2. The zero-order valence-electron chi connectivity index (χ0n) is 22.9. The van der Waals surface area contributed by atoms with E-state index in [4.69, 9.17) is 19.3 Å². The van der Waals surface area contributed by atoms with Gasteiger partial charge >= 0.3 is 12.1 Å². The number of carbonyl (C=O) groups is 2. The van der Waals surface area contributed by atoms with Crippen LogP contribution in [0.15, 0.2) is 58.0 Å². The molecule has 1 heterocycles. The Bertz CT molecular complexity index is 1230. The quantitative estimate of drug-likeness (QED) is 0.173. The second-order valence-electron chi connectivity index (χ2n) is 10.3. The monoisotopic (exact) mass is 643 g/mol. The lowest BCUT2D eigenvalue weighted by atomic mass is 9.83. The third kappa shape index (κ3) is 9.17. The van der Waals surface area contributed by atoms with Gasteiger partial charge in [0.2, 0.25) is 5.90 Å². The van der Waals surface area contributed by atoms with Gasteiger partial charge in [-0.2, -0.15) is 13.2 Å². The van der Waals surface area contributed by atoms with Crippen LogP contribution in [0.2, 0.25) is 0 Å². The summed E-state index contributed by atoms with van der Waals surface area (Å²) < 4.78 is 56.3. The zero-order chi connectivity index (χ0) is 30.3. The van der Waals surface area contributed by atoms with Crippen LogP contribution >= 0.6 is 15.9 Å². The third-order valence-corrected chi connectivity index (χ3v) is 6.56. The van der Waals surface area contributed by atoms with Crippen molar-refractivity contribution < 1.29 is 42.1 Å². The molecule has 3 N–H and O–H groups in total. The molecule has 224 valence electrons. The van der Waals surface area contributed by atoms with Crippen molar-refractivity contribution in [2.24, 2.45) is 4.99 Å². The van der Waals surface area contributed by atoms with Crippen LogP contribution in [0.1, 0.15) is 57.3 Å². The highest BCUT2D eigenvalue weighted by atomic mass is 79.9. The van der Waals surface area contributed by atoms with Crippen molar-refractivity contribution in [3.8, 4) is 5.75 Å². The second-order valence-corrected chi connectivity index (χ2v) is 11.2. The van der Waals surface area contributed by atoms with E-state index >= 15 is 0 Å². The van der Waals surface area contributed by atoms with Crippen LogP contribution in [0, 0.1) is 0 Å². The first kappa shape index (κ1) is 32.4. The number of alkyl halides is 3. The van der Waals surface area contributed by atoms with E-state index < -0.39 is 41.8 Å². The molecule has 0 radical (unpaired) electrons. The first-order valence-electron chi connectivity index (χ1n) is 12.9. The molecule has 0 aliphatic carbocycles. The van der Waals surface area contributed by atoms with Gasteiger partial charge in [-0.05, 0) is 57.5 Å². The Hall–Kier alpha value is -3.16. The summed E-state index contributed by atoms with van der Waals surface area (Å²) in [7, 11) is 0. The normalized spacial score (nSPS) is 18.8. The van der Waals surface area contributed by atoms with Crippen LogP contribution in [0.5, 0.6) is 5.75 Å². The van der Waals surface area contributed by atoms with Crippen LogP contribution in [-0.4, -0.2) is 60.0 Å². The van der Waals surface area contributed by atoms with E-state index in [1.165, 1.54) is 0 Å². The molecular formula is C28H33BrF3N3O6. The van der Waals surface area contributed by atoms with E-state index in [-0.39, 0.29) is 25.3 Å².